The molecule has 0 saturated heterocycles. The van der Waals surface area contributed by atoms with E-state index in [9.17, 15) is 5.11 Å². The number of benzene rings is 1. The first kappa shape index (κ1) is 9.80. The van der Waals surface area contributed by atoms with Gasteiger partial charge >= 0.3 is 0 Å². The highest BCUT2D eigenvalue weighted by atomic mass is 79.9. The molecule has 1 aromatic carbocycles. The second-order valence-corrected chi connectivity index (χ2v) is 4.37. The summed E-state index contributed by atoms with van der Waals surface area (Å²) in [7, 11) is 1.64. The molecule has 74 valence electrons. The van der Waals surface area contributed by atoms with Crippen LogP contribution in [-0.2, 0) is 5.33 Å². The molecular weight excluding hydrogens is 264 g/mol. The monoisotopic (exact) mass is 272 g/mol. The maximum atomic E-state index is 9.73. The predicted octanol–water partition coefficient (Wildman–Crippen LogP) is 3.51. The van der Waals surface area contributed by atoms with Crippen LogP contribution in [0.15, 0.2) is 17.5 Å². The largest absolute Gasteiger partial charge is 0.506 e. The minimum atomic E-state index is 0.324. The summed E-state index contributed by atoms with van der Waals surface area (Å²) in [4.78, 5) is 0. The summed E-state index contributed by atoms with van der Waals surface area (Å²) in [5.41, 5.74) is 1.05. The molecule has 0 saturated carbocycles. The zero-order chi connectivity index (χ0) is 10.1. The predicted molar refractivity (Wildman–Crippen MR) is 62.7 cm³/mol. The minimum Gasteiger partial charge on any atom is -0.506 e. The number of ether oxygens (including phenoxy) is 1. The number of methoxy groups -OCH3 is 1. The smallest absolute Gasteiger partial charge is 0.137 e. The molecule has 14 heavy (non-hydrogen) atoms. The van der Waals surface area contributed by atoms with Crippen LogP contribution < -0.4 is 4.74 Å². The van der Waals surface area contributed by atoms with Gasteiger partial charge in [0.1, 0.15) is 11.5 Å². The first-order valence-corrected chi connectivity index (χ1v) is 6.09. The van der Waals surface area contributed by atoms with Crippen LogP contribution in [0.25, 0.3) is 10.1 Å². The van der Waals surface area contributed by atoms with Crippen LogP contribution >= 0.6 is 27.3 Å². The average molecular weight is 273 g/mol. The first-order valence-electron chi connectivity index (χ1n) is 4.09. The molecule has 0 amide bonds. The molecule has 0 radical (unpaired) electrons. The molecule has 0 atom stereocenters. The van der Waals surface area contributed by atoms with E-state index in [4.69, 9.17) is 4.74 Å². The zero-order valence-electron chi connectivity index (χ0n) is 7.58. The maximum Gasteiger partial charge on any atom is 0.137 e. The van der Waals surface area contributed by atoms with Crippen molar-refractivity contribution in [3.63, 3.8) is 0 Å². The maximum absolute atomic E-state index is 9.73. The zero-order valence-corrected chi connectivity index (χ0v) is 9.98. The third-order valence-corrected chi connectivity index (χ3v) is 3.70. The molecule has 1 heterocycles. The Balaban J connectivity index is 2.73. The van der Waals surface area contributed by atoms with Crippen LogP contribution in [0.4, 0.5) is 0 Å². The number of fused-ring (bicyclic) bond motifs is 1. The van der Waals surface area contributed by atoms with Gasteiger partial charge in [0.2, 0.25) is 0 Å². The van der Waals surface area contributed by atoms with E-state index >= 15 is 0 Å². The molecule has 4 heteroatoms. The molecule has 0 unspecified atom stereocenters. The lowest BCUT2D eigenvalue weighted by atomic mass is 10.1. The highest BCUT2D eigenvalue weighted by Crippen LogP contribution is 2.38. The molecule has 0 bridgehead atoms. The quantitative estimate of drug-likeness (QED) is 0.848. The van der Waals surface area contributed by atoms with Gasteiger partial charge in [0, 0.05) is 16.1 Å². The van der Waals surface area contributed by atoms with E-state index in [1.54, 1.807) is 13.2 Å². The molecule has 2 rings (SSSR count). The van der Waals surface area contributed by atoms with E-state index in [0.717, 1.165) is 26.7 Å². The molecule has 0 aliphatic heterocycles. The Labute approximate surface area is 94.3 Å². The molecule has 2 aromatic rings. The lowest BCUT2D eigenvalue weighted by Gasteiger charge is -2.01. The lowest BCUT2D eigenvalue weighted by molar-refractivity contribution is 0.421. The van der Waals surface area contributed by atoms with Crippen molar-refractivity contribution < 1.29 is 9.84 Å². The van der Waals surface area contributed by atoms with Crippen molar-refractivity contribution in [1.29, 1.82) is 0 Å². The van der Waals surface area contributed by atoms with Gasteiger partial charge in [0.15, 0.2) is 0 Å². The van der Waals surface area contributed by atoms with Gasteiger partial charge in [-0.3, -0.25) is 0 Å². The van der Waals surface area contributed by atoms with E-state index in [2.05, 4.69) is 15.9 Å². The summed E-state index contributed by atoms with van der Waals surface area (Å²) in [6, 6.07) is 3.80. The van der Waals surface area contributed by atoms with Crippen molar-refractivity contribution in [2.24, 2.45) is 0 Å². The van der Waals surface area contributed by atoms with Crippen LogP contribution in [0.2, 0.25) is 0 Å². The Bertz CT molecular complexity index is 464. The van der Waals surface area contributed by atoms with Gasteiger partial charge in [-0.1, -0.05) is 15.9 Å². The number of halogens is 1. The van der Waals surface area contributed by atoms with E-state index in [1.807, 2.05) is 11.4 Å². The summed E-state index contributed by atoms with van der Waals surface area (Å²) in [6.07, 6.45) is 0. The van der Waals surface area contributed by atoms with Crippen molar-refractivity contribution in [1.82, 2.24) is 0 Å². The van der Waals surface area contributed by atoms with Crippen LogP contribution in [0.3, 0.4) is 0 Å². The summed E-state index contributed by atoms with van der Waals surface area (Å²) in [5.74, 6) is 1.15. The van der Waals surface area contributed by atoms with Crippen LogP contribution in [-0.4, -0.2) is 12.2 Å². The number of phenolic OH excluding ortho intramolecular Hbond substituents is 1. The van der Waals surface area contributed by atoms with Gasteiger partial charge in [-0.2, -0.15) is 0 Å². The topological polar surface area (TPSA) is 29.5 Å². The van der Waals surface area contributed by atoms with Gasteiger partial charge in [0.25, 0.3) is 0 Å². The standard InChI is InChI=1S/C10H9BrO2S/c1-13-9-5-14-10-7(9)2-6(4-11)3-8(10)12/h2-3,5,12H,4H2,1H3. The summed E-state index contributed by atoms with van der Waals surface area (Å²) >= 11 is 4.86. The van der Waals surface area contributed by atoms with Crippen molar-refractivity contribution in [2.75, 3.05) is 7.11 Å². The Hall–Kier alpha value is -0.740. The Morgan fingerprint density at radius 1 is 1.50 bits per heavy atom. The van der Waals surface area contributed by atoms with Crippen molar-refractivity contribution in [3.05, 3.63) is 23.1 Å². The van der Waals surface area contributed by atoms with E-state index in [0.29, 0.717) is 5.75 Å². The van der Waals surface area contributed by atoms with Crippen LogP contribution in [0, 0.1) is 0 Å². The number of aromatic hydroxyl groups is 1. The Morgan fingerprint density at radius 3 is 2.93 bits per heavy atom. The van der Waals surface area contributed by atoms with Gasteiger partial charge in [-0.15, -0.1) is 11.3 Å². The van der Waals surface area contributed by atoms with Crippen LogP contribution in [0.1, 0.15) is 5.56 Å². The number of hydrogen-bond acceptors (Lipinski definition) is 3. The second kappa shape index (κ2) is 3.79. The Kier molecular flexibility index (Phi) is 2.65. The lowest BCUT2D eigenvalue weighted by Crippen LogP contribution is -1.81. The fourth-order valence-electron chi connectivity index (χ4n) is 1.39. The highest BCUT2D eigenvalue weighted by Gasteiger charge is 2.09. The third-order valence-electron chi connectivity index (χ3n) is 2.05. The average Bonchev–Trinajstić information content (AvgIpc) is 2.61. The number of alkyl halides is 1. The minimum absolute atomic E-state index is 0.324. The van der Waals surface area contributed by atoms with E-state index in [1.165, 1.54) is 11.3 Å². The van der Waals surface area contributed by atoms with Crippen LogP contribution in [0.5, 0.6) is 11.5 Å². The summed E-state index contributed by atoms with van der Waals surface area (Å²) in [5, 5.41) is 13.3. The summed E-state index contributed by atoms with van der Waals surface area (Å²) in [6.45, 7) is 0. The summed E-state index contributed by atoms with van der Waals surface area (Å²) < 4.78 is 6.09. The molecule has 2 nitrogen and oxygen atoms in total. The first-order chi connectivity index (χ1) is 6.76. The fourth-order valence-corrected chi connectivity index (χ4v) is 2.63. The van der Waals surface area contributed by atoms with E-state index in [-0.39, 0.29) is 0 Å². The molecule has 1 aromatic heterocycles. The van der Waals surface area contributed by atoms with Gasteiger partial charge in [-0.25, -0.2) is 0 Å². The van der Waals surface area contributed by atoms with Crippen molar-refractivity contribution >= 4 is 37.4 Å². The fraction of sp³-hybridized carbons (Fsp3) is 0.200. The van der Waals surface area contributed by atoms with Gasteiger partial charge < -0.3 is 9.84 Å². The number of phenols is 1. The number of thiophene rings is 1. The normalized spacial score (nSPS) is 10.7. The van der Waals surface area contributed by atoms with Gasteiger partial charge in [0.05, 0.1) is 11.8 Å². The van der Waals surface area contributed by atoms with E-state index < -0.39 is 0 Å². The molecule has 1 N–H and O–H groups in total. The molecular formula is C10H9BrO2S. The number of rotatable bonds is 2. The van der Waals surface area contributed by atoms with Crippen molar-refractivity contribution in [3.8, 4) is 11.5 Å². The molecule has 0 spiro atoms. The van der Waals surface area contributed by atoms with Gasteiger partial charge in [-0.05, 0) is 17.7 Å². The second-order valence-electron chi connectivity index (χ2n) is 2.93. The Morgan fingerprint density at radius 2 is 2.29 bits per heavy atom. The van der Waals surface area contributed by atoms with Crippen molar-refractivity contribution in [2.45, 2.75) is 5.33 Å². The number of hydrogen-bond donors (Lipinski definition) is 1. The molecule has 0 aliphatic rings. The SMILES string of the molecule is COc1csc2c(O)cc(CBr)cc12. The highest BCUT2D eigenvalue weighted by molar-refractivity contribution is 9.08. The third kappa shape index (κ3) is 1.48. The molecule has 0 fully saturated rings. The molecule has 0 aliphatic carbocycles.